The van der Waals surface area contributed by atoms with Gasteiger partial charge in [0.15, 0.2) is 5.17 Å². The molecule has 0 spiro atoms. The van der Waals surface area contributed by atoms with Crippen LogP contribution in [0.5, 0.6) is 0 Å². The number of nitrogens with zero attached hydrogens (tertiary/aromatic N) is 2. The van der Waals surface area contributed by atoms with Gasteiger partial charge in [-0.2, -0.15) is 0 Å². The van der Waals surface area contributed by atoms with E-state index in [4.69, 9.17) is 11.6 Å². The van der Waals surface area contributed by atoms with E-state index in [2.05, 4.69) is 9.73 Å². The Morgan fingerprint density at radius 1 is 1.80 bits per heavy atom. The summed E-state index contributed by atoms with van der Waals surface area (Å²) in [6.07, 6.45) is 1.88. The molecule has 0 aromatic heterocycles. The second kappa shape index (κ2) is 5.37. The van der Waals surface area contributed by atoms with Crippen molar-refractivity contribution in [3.05, 3.63) is 0 Å². The average molecular weight is 251 g/mol. The van der Waals surface area contributed by atoms with Gasteiger partial charge >= 0.3 is 5.97 Å². The van der Waals surface area contributed by atoms with Crippen molar-refractivity contribution >= 4 is 40.4 Å². The third-order valence-electron chi connectivity index (χ3n) is 1.82. The first kappa shape index (κ1) is 12.3. The molecule has 1 aliphatic heterocycles. The van der Waals surface area contributed by atoms with Crippen LogP contribution in [-0.2, 0) is 14.3 Å². The van der Waals surface area contributed by atoms with Crippen LogP contribution in [0.2, 0.25) is 0 Å². The molecule has 84 valence electrons. The van der Waals surface area contributed by atoms with Gasteiger partial charge in [-0.15, -0.1) is 0 Å². The highest BCUT2D eigenvalue weighted by Crippen LogP contribution is 2.19. The van der Waals surface area contributed by atoms with Crippen LogP contribution in [0, 0.1) is 0 Å². The predicted molar refractivity (Wildman–Crippen MR) is 58.9 cm³/mol. The van der Waals surface area contributed by atoms with Gasteiger partial charge in [0, 0.05) is 0 Å². The number of amides is 1. The SMILES string of the molecule is COC(=O)CN1C(=O)CC(Cl)N=C1SC. The summed E-state index contributed by atoms with van der Waals surface area (Å²) in [5, 5.41) is 0.455. The number of esters is 1. The summed E-state index contributed by atoms with van der Waals surface area (Å²) in [5.74, 6) is -0.683. The highest BCUT2D eigenvalue weighted by atomic mass is 35.5. The quantitative estimate of drug-likeness (QED) is 0.411. The number of carbonyl (C=O) groups excluding carboxylic acids is 2. The Balaban J connectivity index is 2.79. The van der Waals surface area contributed by atoms with Crippen LogP contribution in [-0.4, -0.2) is 47.4 Å². The summed E-state index contributed by atoms with van der Waals surface area (Å²) in [6.45, 7) is -0.112. The average Bonchev–Trinajstić information content (AvgIpc) is 2.21. The van der Waals surface area contributed by atoms with Crippen molar-refractivity contribution in [3.63, 3.8) is 0 Å². The zero-order chi connectivity index (χ0) is 11.4. The fraction of sp³-hybridized carbons (Fsp3) is 0.625. The molecule has 0 saturated heterocycles. The lowest BCUT2D eigenvalue weighted by molar-refractivity contribution is -0.144. The number of thioether (sulfide) groups is 1. The van der Waals surface area contributed by atoms with Crippen molar-refractivity contribution in [2.45, 2.75) is 11.9 Å². The Morgan fingerprint density at radius 2 is 2.47 bits per heavy atom. The van der Waals surface area contributed by atoms with E-state index < -0.39 is 11.5 Å². The fourth-order valence-corrected chi connectivity index (χ4v) is 2.01. The molecule has 1 rings (SSSR count). The van der Waals surface area contributed by atoms with Crippen molar-refractivity contribution in [2.75, 3.05) is 19.9 Å². The van der Waals surface area contributed by atoms with Gasteiger partial charge in [-0.05, 0) is 6.26 Å². The molecule has 15 heavy (non-hydrogen) atoms. The lowest BCUT2D eigenvalue weighted by Gasteiger charge is -2.26. The van der Waals surface area contributed by atoms with Gasteiger partial charge in [0.25, 0.3) is 0 Å². The number of carbonyl (C=O) groups is 2. The van der Waals surface area contributed by atoms with Crippen LogP contribution >= 0.6 is 23.4 Å². The minimum absolute atomic E-state index is 0.112. The Hall–Kier alpha value is -0.750. The van der Waals surface area contributed by atoms with E-state index in [-0.39, 0.29) is 18.9 Å². The maximum Gasteiger partial charge on any atom is 0.325 e. The summed E-state index contributed by atoms with van der Waals surface area (Å²) in [6, 6.07) is 0. The molecule has 0 aromatic rings. The molecule has 0 fully saturated rings. The molecule has 0 aromatic carbocycles. The molecule has 1 heterocycles. The van der Waals surface area contributed by atoms with Gasteiger partial charge in [-0.25, -0.2) is 4.99 Å². The molecule has 7 heteroatoms. The molecule has 0 bridgehead atoms. The highest BCUT2D eigenvalue weighted by molar-refractivity contribution is 8.13. The van der Waals surface area contributed by atoms with E-state index >= 15 is 0 Å². The van der Waals surface area contributed by atoms with E-state index in [1.54, 1.807) is 6.26 Å². The van der Waals surface area contributed by atoms with Gasteiger partial charge in [0.1, 0.15) is 12.0 Å². The summed E-state index contributed by atoms with van der Waals surface area (Å²) >= 11 is 7.03. The molecule has 1 amide bonds. The largest absolute Gasteiger partial charge is 0.468 e. The molecule has 5 nitrogen and oxygen atoms in total. The number of aliphatic imine (C=N–C) groups is 1. The molecule has 1 aliphatic rings. The Bertz CT molecular complexity index is 308. The Labute approximate surface area is 96.8 Å². The first-order valence-electron chi connectivity index (χ1n) is 4.21. The number of ether oxygens (including phenoxy) is 1. The zero-order valence-electron chi connectivity index (χ0n) is 8.40. The second-order valence-electron chi connectivity index (χ2n) is 2.81. The number of methoxy groups -OCH3 is 1. The fourth-order valence-electron chi connectivity index (χ4n) is 1.11. The van der Waals surface area contributed by atoms with Crippen LogP contribution in [0.4, 0.5) is 0 Å². The normalized spacial score (nSPS) is 21.3. The van der Waals surface area contributed by atoms with Gasteiger partial charge < -0.3 is 4.74 Å². The third-order valence-corrected chi connectivity index (χ3v) is 2.77. The van der Waals surface area contributed by atoms with E-state index in [0.717, 1.165) is 0 Å². The van der Waals surface area contributed by atoms with Crippen molar-refractivity contribution in [3.8, 4) is 0 Å². The Kier molecular flexibility index (Phi) is 4.41. The first-order valence-corrected chi connectivity index (χ1v) is 5.87. The number of alkyl halides is 1. The molecule has 0 saturated carbocycles. The number of hydrogen-bond acceptors (Lipinski definition) is 5. The van der Waals surface area contributed by atoms with E-state index in [1.165, 1.54) is 23.8 Å². The number of hydrogen-bond donors (Lipinski definition) is 0. The van der Waals surface area contributed by atoms with Crippen LogP contribution in [0.3, 0.4) is 0 Å². The van der Waals surface area contributed by atoms with E-state index in [9.17, 15) is 9.59 Å². The van der Waals surface area contributed by atoms with Gasteiger partial charge in [-0.1, -0.05) is 23.4 Å². The predicted octanol–water partition coefficient (Wildman–Crippen LogP) is 0.676. The lowest BCUT2D eigenvalue weighted by Crippen LogP contribution is -2.43. The molecular weight excluding hydrogens is 240 g/mol. The molecular formula is C8H11ClN2O3S. The first-order chi connectivity index (χ1) is 7.08. The highest BCUT2D eigenvalue weighted by Gasteiger charge is 2.29. The van der Waals surface area contributed by atoms with Crippen LogP contribution in [0.25, 0.3) is 0 Å². The minimum atomic E-state index is -0.533. The summed E-state index contributed by atoms with van der Waals surface area (Å²) in [7, 11) is 1.27. The lowest BCUT2D eigenvalue weighted by atomic mass is 10.3. The molecule has 1 atom stereocenters. The number of rotatable bonds is 2. The maximum absolute atomic E-state index is 11.6. The molecule has 0 radical (unpaired) electrons. The standard InChI is InChI=1S/C8H11ClN2O3S/c1-14-7(13)4-11-6(12)3-5(9)10-8(11)15-2/h5H,3-4H2,1-2H3. The Morgan fingerprint density at radius 3 is 3.00 bits per heavy atom. The number of amidine groups is 1. The van der Waals surface area contributed by atoms with Crippen molar-refractivity contribution in [2.24, 2.45) is 4.99 Å². The van der Waals surface area contributed by atoms with E-state index in [0.29, 0.717) is 5.17 Å². The summed E-state index contributed by atoms with van der Waals surface area (Å²) in [4.78, 5) is 28.0. The smallest absolute Gasteiger partial charge is 0.325 e. The monoisotopic (exact) mass is 250 g/mol. The molecule has 1 unspecified atom stereocenters. The van der Waals surface area contributed by atoms with Crippen LogP contribution in [0.1, 0.15) is 6.42 Å². The second-order valence-corrected chi connectivity index (χ2v) is 4.09. The molecule has 0 aliphatic carbocycles. The van der Waals surface area contributed by atoms with E-state index in [1.807, 2.05) is 0 Å². The summed E-state index contributed by atoms with van der Waals surface area (Å²) in [5.41, 5.74) is -0.533. The summed E-state index contributed by atoms with van der Waals surface area (Å²) < 4.78 is 4.49. The minimum Gasteiger partial charge on any atom is -0.468 e. The number of halogens is 1. The van der Waals surface area contributed by atoms with Crippen LogP contribution in [0.15, 0.2) is 4.99 Å². The zero-order valence-corrected chi connectivity index (χ0v) is 9.97. The third kappa shape index (κ3) is 3.10. The van der Waals surface area contributed by atoms with Crippen molar-refractivity contribution in [1.82, 2.24) is 4.90 Å². The van der Waals surface area contributed by atoms with Gasteiger partial charge in [0.05, 0.1) is 13.5 Å². The maximum atomic E-state index is 11.6. The van der Waals surface area contributed by atoms with Crippen molar-refractivity contribution < 1.29 is 14.3 Å². The van der Waals surface area contributed by atoms with Crippen LogP contribution < -0.4 is 0 Å². The van der Waals surface area contributed by atoms with Gasteiger partial charge in [0.2, 0.25) is 5.91 Å². The van der Waals surface area contributed by atoms with Gasteiger partial charge in [-0.3, -0.25) is 14.5 Å². The molecule has 0 N–H and O–H groups in total. The van der Waals surface area contributed by atoms with Crippen molar-refractivity contribution in [1.29, 1.82) is 0 Å². The topological polar surface area (TPSA) is 59.0 Å².